The Hall–Kier alpha value is -0.770. The number of likely N-dealkylation sites (N-methyl/N-ethyl adjacent to an activating group) is 1. The number of nitrogens with zero attached hydrogens (tertiary/aromatic N) is 2. The lowest BCUT2D eigenvalue weighted by Gasteiger charge is -2.32. The summed E-state index contributed by atoms with van der Waals surface area (Å²) in [7, 11) is 4.40. The van der Waals surface area contributed by atoms with Crippen LogP contribution in [0.1, 0.15) is 19.8 Å². The zero-order valence-electron chi connectivity index (χ0n) is 13.4. The molecule has 0 N–H and O–H groups in total. The summed E-state index contributed by atoms with van der Waals surface area (Å²) in [4.78, 5) is 4.81. The average molecular weight is 311 g/mol. The van der Waals surface area contributed by atoms with Gasteiger partial charge in [0.1, 0.15) is 11.9 Å². The van der Waals surface area contributed by atoms with E-state index >= 15 is 0 Å². The Labute approximate surface area is 133 Å². The fourth-order valence-electron chi connectivity index (χ4n) is 3.01. The first-order valence-electron chi connectivity index (χ1n) is 7.82. The molecule has 0 bridgehead atoms. The fraction of sp³-hybridized carbons (Fsp3) is 0.647. The molecule has 0 spiro atoms. The number of ether oxygens (including phenoxy) is 1. The third-order valence-corrected chi connectivity index (χ3v) is 4.35. The molecule has 21 heavy (non-hydrogen) atoms. The molecule has 1 unspecified atom stereocenters. The molecule has 1 atom stereocenters. The second-order valence-electron chi connectivity index (χ2n) is 6.35. The van der Waals surface area contributed by atoms with Crippen LogP contribution in [0.5, 0.6) is 5.75 Å². The van der Waals surface area contributed by atoms with Gasteiger partial charge in [-0.2, -0.15) is 0 Å². The van der Waals surface area contributed by atoms with Crippen molar-refractivity contribution < 1.29 is 4.74 Å². The second kappa shape index (κ2) is 8.02. The van der Waals surface area contributed by atoms with Gasteiger partial charge in [-0.05, 0) is 71.1 Å². The molecule has 1 saturated heterocycles. The Kier molecular flexibility index (Phi) is 6.34. The normalized spacial score (nSPS) is 18.9. The summed E-state index contributed by atoms with van der Waals surface area (Å²) in [5, 5.41) is 0.722. The first kappa shape index (κ1) is 16.6. The fourth-order valence-corrected chi connectivity index (χ4v) is 3.19. The Balaban J connectivity index is 1.73. The van der Waals surface area contributed by atoms with Gasteiger partial charge < -0.3 is 14.5 Å². The quantitative estimate of drug-likeness (QED) is 0.801. The van der Waals surface area contributed by atoms with Crippen LogP contribution in [0.2, 0.25) is 5.02 Å². The van der Waals surface area contributed by atoms with Crippen LogP contribution in [-0.2, 0) is 0 Å². The molecule has 1 aromatic carbocycles. The maximum atomic E-state index is 5.98. The highest BCUT2D eigenvalue weighted by Crippen LogP contribution is 2.19. The van der Waals surface area contributed by atoms with Gasteiger partial charge in [0.2, 0.25) is 0 Å². The van der Waals surface area contributed by atoms with Crippen molar-refractivity contribution in [2.45, 2.75) is 25.9 Å². The molecule has 1 heterocycles. The standard InChI is InChI=1S/C17H27ClN2O/c1-14(21-17-6-4-5-16(18)11-17)12-20(3)13-15-7-9-19(2)10-8-15/h4-6,11,14-15H,7-10,12-13H2,1-3H3. The minimum Gasteiger partial charge on any atom is -0.489 e. The average Bonchev–Trinajstić information content (AvgIpc) is 2.41. The van der Waals surface area contributed by atoms with E-state index in [2.05, 4.69) is 30.8 Å². The molecule has 0 aliphatic carbocycles. The topological polar surface area (TPSA) is 15.7 Å². The Morgan fingerprint density at radius 3 is 2.76 bits per heavy atom. The zero-order chi connectivity index (χ0) is 15.2. The summed E-state index contributed by atoms with van der Waals surface area (Å²) in [5.74, 6) is 1.67. The minimum absolute atomic E-state index is 0.166. The number of rotatable bonds is 6. The highest BCUT2D eigenvalue weighted by Gasteiger charge is 2.19. The molecule has 118 valence electrons. The number of benzene rings is 1. The summed E-state index contributed by atoms with van der Waals surface area (Å²) in [6.07, 6.45) is 2.79. The molecule has 0 amide bonds. The van der Waals surface area contributed by atoms with Crippen LogP contribution in [0.3, 0.4) is 0 Å². The number of hydrogen-bond donors (Lipinski definition) is 0. The molecule has 4 heteroatoms. The lowest BCUT2D eigenvalue weighted by Crippen LogP contribution is -2.38. The van der Waals surface area contributed by atoms with Crippen molar-refractivity contribution >= 4 is 11.6 Å². The number of halogens is 1. The highest BCUT2D eigenvalue weighted by atomic mass is 35.5. The molecule has 1 fully saturated rings. The van der Waals surface area contributed by atoms with Gasteiger partial charge in [-0.25, -0.2) is 0 Å². The van der Waals surface area contributed by atoms with Crippen LogP contribution >= 0.6 is 11.6 Å². The van der Waals surface area contributed by atoms with Gasteiger partial charge in [-0.1, -0.05) is 17.7 Å². The van der Waals surface area contributed by atoms with Gasteiger partial charge >= 0.3 is 0 Å². The molecule has 0 radical (unpaired) electrons. The third-order valence-electron chi connectivity index (χ3n) is 4.11. The first-order valence-corrected chi connectivity index (χ1v) is 8.20. The van der Waals surface area contributed by atoms with E-state index < -0.39 is 0 Å². The predicted octanol–water partition coefficient (Wildman–Crippen LogP) is 3.38. The summed E-state index contributed by atoms with van der Waals surface area (Å²) < 4.78 is 5.94. The van der Waals surface area contributed by atoms with E-state index in [-0.39, 0.29) is 6.10 Å². The Morgan fingerprint density at radius 1 is 1.38 bits per heavy atom. The lowest BCUT2D eigenvalue weighted by atomic mass is 9.96. The van der Waals surface area contributed by atoms with Crippen LogP contribution in [-0.4, -0.2) is 56.2 Å². The molecular weight excluding hydrogens is 284 g/mol. The second-order valence-corrected chi connectivity index (χ2v) is 6.79. The summed E-state index contributed by atoms with van der Waals surface area (Å²) in [6, 6.07) is 7.62. The van der Waals surface area contributed by atoms with Crippen molar-refractivity contribution in [1.82, 2.24) is 9.80 Å². The molecule has 0 aromatic heterocycles. The van der Waals surface area contributed by atoms with Gasteiger partial charge in [0.15, 0.2) is 0 Å². The number of likely N-dealkylation sites (tertiary alicyclic amines) is 1. The van der Waals surface area contributed by atoms with E-state index in [1.165, 1.54) is 25.9 Å². The Bertz CT molecular complexity index is 433. The van der Waals surface area contributed by atoms with Crippen LogP contribution in [0.25, 0.3) is 0 Å². The van der Waals surface area contributed by atoms with Crippen molar-refractivity contribution in [2.75, 3.05) is 40.3 Å². The summed E-state index contributed by atoms with van der Waals surface area (Å²) in [5.41, 5.74) is 0. The van der Waals surface area contributed by atoms with E-state index in [9.17, 15) is 0 Å². The van der Waals surface area contributed by atoms with Crippen molar-refractivity contribution in [3.63, 3.8) is 0 Å². The van der Waals surface area contributed by atoms with E-state index in [4.69, 9.17) is 16.3 Å². The molecule has 3 nitrogen and oxygen atoms in total. The van der Waals surface area contributed by atoms with Gasteiger partial charge in [0.25, 0.3) is 0 Å². The van der Waals surface area contributed by atoms with Crippen LogP contribution < -0.4 is 4.74 Å². The SMILES string of the molecule is CC(CN(C)CC1CCN(C)CC1)Oc1cccc(Cl)c1. The molecule has 0 saturated carbocycles. The van der Waals surface area contributed by atoms with Gasteiger partial charge in [0.05, 0.1) is 0 Å². The third kappa shape index (κ3) is 5.85. The van der Waals surface area contributed by atoms with E-state index in [0.29, 0.717) is 0 Å². The first-order chi connectivity index (χ1) is 10.0. The van der Waals surface area contributed by atoms with Crippen molar-refractivity contribution in [2.24, 2.45) is 5.92 Å². The molecule has 1 aliphatic rings. The predicted molar refractivity (Wildman–Crippen MR) is 89.3 cm³/mol. The molecule has 1 aromatic rings. The van der Waals surface area contributed by atoms with Crippen molar-refractivity contribution in [3.8, 4) is 5.75 Å². The lowest BCUT2D eigenvalue weighted by molar-refractivity contribution is 0.130. The minimum atomic E-state index is 0.166. The Morgan fingerprint density at radius 2 is 2.10 bits per heavy atom. The molecule has 2 rings (SSSR count). The summed E-state index contributed by atoms with van der Waals surface area (Å²) >= 11 is 5.98. The van der Waals surface area contributed by atoms with Gasteiger partial charge in [0, 0.05) is 18.1 Å². The van der Waals surface area contributed by atoms with E-state index in [0.717, 1.165) is 29.8 Å². The summed E-state index contributed by atoms with van der Waals surface area (Å²) in [6.45, 7) is 6.68. The monoisotopic (exact) mass is 310 g/mol. The van der Waals surface area contributed by atoms with Crippen molar-refractivity contribution in [1.29, 1.82) is 0 Å². The van der Waals surface area contributed by atoms with Crippen LogP contribution in [0.4, 0.5) is 0 Å². The largest absolute Gasteiger partial charge is 0.489 e. The van der Waals surface area contributed by atoms with Crippen LogP contribution in [0.15, 0.2) is 24.3 Å². The molecule has 1 aliphatic heterocycles. The van der Waals surface area contributed by atoms with E-state index in [1.54, 1.807) is 0 Å². The molecular formula is C17H27ClN2O. The number of piperidine rings is 1. The highest BCUT2D eigenvalue weighted by molar-refractivity contribution is 6.30. The van der Waals surface area contributed by atoms with E-state index in [1.807, 2.05) is 24.3 Å². The van der Waals surface area contributed by atoms with Gasteiger partial charge in [-0.15, -0.1) is 0 Å². The maximum absolute atomic E-state index is 5.98. The maximum Gasteiger partial charge on any atom is 0.121 e. The zero-order valence-corrected chi connectivity index (χ0v) is 14.1. The van der Waals surface area contributed by atoms with Gasteiger partial charge in [-0.3, -0.25) is 0 Å². The van der Waals surface area contributed by atoms with Crippen LogP contribution in [0, 0.1) is 5.92 Å². The number of hydrogen-bond acceptors (Lipinski definition) is 3. The van der Waals surface area contributed by atoms with Crippen molar-refractivity contribution in [3.05, 3.63) is 29.3 Å². The smallest absolute Gasteiger partial charge is 0.121 e.